The maximum atomic E-state index is 13.2. The number of amides is 1. The number of benzene rings is 1. The first-order chi connectivity index (χ1) is 18.3. The molecule has 12 heteroatoms. The van der Waals surface area contributed by atoms with Crippen LogP contribution in [-0.2, 0) is 14.8 Å². The number of hydrogen-bond donors (Lipinski definition) is 2. The molecule has 1 aliphatic carbocycles. The first kappa shape index (κ1) is 27.3. The van der Waals surface area contributed by atoms with Crippen LogP contribution >= 0.6 is 22.6 Å². The van der Waals surface area contributed by atoms with Gasteiger partial charge >= 0.3 is 0 Å². The lowest BCUT2D eigenvalue weighted by atomic mass is 9.82. The number of rotatable bonds is 9. The van der Waals surface area contributed by atoms with Gasteiger partial charge in [-0.25, -0.2) is 22.8 Å². The molecule has 1 aliphatic heterocycles. The van der Waals surface area contributed by atoms with E-state index in [9.17, 15) is 13.2 Å². The zero-order valence-corrected chi connectivity index (χ0v) is 24.2. The van der Waals surface area contributed by atoms with Crippen LogP contribution in [0.4, 0.5) is 5.69 Å². The highest BCUT2D eigenvalue weighted by molar-refractivity contribution is 14.1. The standard InChI is InChI=1S/C26H32IN5O5S/c1-37-16-17-9-11-31(12-10-17)22-15-20(26(34)30-38(35,36)14-13-33)28-25-23(22)24(18-5-4-6-18)29-32(25)21-8-3-2-7-19(21)27/h2-3,7-8,15,17-18,33H,4-6,9-14,16H2,1H3,(H,30,34). The number of fused-ring (bicyclic) bond motifs is 1. The lowest BCUT2D eigenvalue weighted by molar-refractivity contribution is 0.0977. The van der Waals surface area contributed by atoms with Gasteiger partial charge in [0, 0.05) is 36.3 Å². The second-order valence-corrected chi connectivity index (χ2v) is 13.0. The van der Waals surface area contributed by atoms with E-state index in [1.807, 2.05) is 24.3 Å². The third-order valence-corrected chi connectivity index (χ3v) is 9.54. The van der Waals surface area contributed by atoms with E-state index in [1.54, 1.807) is 17.9 Å². The molecule has 0 unspecified atom stereocenters. The van der Waals surface area contributed by atoms with Gasteiger partial charge in [0.15, 0.2) is 5.65 Å². The maximum absolute atomic E-state index is 13.2. The highest BCUT2D eigenvalue weighted by Crippen LogP contribution is 2.43. The molecule has 3 aromatic rings. The quantitative estimate of drug-likeness (QED) is 0.338. The highest BCUT2D eigenvalue weighted by Gasteiger charge is 2.32. The molecule has 38 heavy (non-hydrogen) atoms. The number of sulfonamides is 1. The van der Waals surface area contributed by atoms with Crippen molar-refractivity contribution in [3.05, 3.63) is 45.3 Å². The Kier molecular flexibility index (Phi) is 8.22. The highest BCUT2D eigenvalue weighted by atomic mass is 127. The molecule has 3 heterocycles. The molecular formula is C26H32IN5O5S. The fourth-order valence-electron chi connectivity index (χ4n) is 5.19. The number of carbonyl (C=O) groups excluding carboxylic acids is 1. The summed E-state index contributed by atoms with van der Waals surface area (Å²) >= 11 is 2.26. The van der Waals surface area contributed by atoms with E-state index in [0.717, 1.165) is 71.2 Å². The first-order valence-electron chi connectivity index (χ1n) is 12.9. The Bertz CT molecular complexity index is 1430. The number of aliphatic hydroxyl groups excluding tert-OH is 1. The molecule has 0 bridgehead atoms. The maximum Gasteiger partial charge on any atom is 0.283 e. The van der Waals surface area contributed by atoms with Crippen LogP contribution in [0, 0.1) is 9.49 Å². The fourth-order valence-corrected chi connectivity index (χ4v) is 6.53. The van der Waals surface area contributed by atoms with Crippen molar-refractivity contribution in [2.75, 3.05) is 44.1 Å². The Labute approximate surface area is 235 Å². The number of nitrogens with zero attached hydrogens (tertiary/aromatic N) is 4. The molecule has 0 atom stereocenters. The molecule has 204 valence electrons. The van der Waals surface area contributed by atoms with Crippen LogP contribution in [0.3, 0.4) is 0 Å². The number of para-hydroxylation sites is 1. The van der Waals surface area contributed by atoms with Crippen molar-refractivity contribution in [1.82, 2.24) is 19.5 Å². The van der Waals surface area contributed by atoms with Crippen molar-refractivity contribution in [2.45, 2.75) is 38.0 Å². The number of nitrogens with one attached hydrogen (secondary N) is 1. The zero-order valence-electron chi connectivity index (χ0n) is 21.3. The third-order valence-electron chi connectivity index (χ3n) is 7.41. The molecule has 1 saturated carbocycles. The van der Waals surface area contributed by atoms with Gasteiger partial charge in [0.05, 0.1) is 34.8 Å². The Hall–Kier alpha value is -2.29. The number of aliphatic hydroxyl groups is 1. The van der Waals surface area contributed by atoms with Crippen LogP contribution in [0.5, 0.6) is 0 Å². The van der Waals surface area contributed by atoms with Gasteiger partial charge in [-0.2, -0.15) is 5.10 Å². The number of carbonyl (C=O) groups is 1. The lowest BCUT2D eigenvalue weighted by Crippen LogP contribution is -2.36. The van der Waals surface area contributed by atoms with Crippen molar-refractivity contribution < 1.29 is 23.1 Å². The molecular weight excluding hydrogens is 621 g/mol. The van der Waals surface area contributed by atoms with Crippen LogP contribution < -0.4 is 9.62 Å². The molecule has 1 saturated heterocycles. The number of piperidine rings is 1. The number of anilines is 1. The molecule has 5 rings (SSSR count). The average molecular weight is 654 g/mol. The van der Waals surface area contributed by atoms with Crippen LogP contribution in [0.15, 0.2) is 30.3 Å². The van der Waals surface area contributed by atoms with Gasteiger partial charge in [-0.05, 0) is 72.4 Å². The normalized spacial score (nSPS) is 17.1. The summed E-state index contributed by atoms with van der Waals surface area (Å²) in [5.74, 6) is -0.597. The Morgan fingerprint density at radius 1 is 1.18 bits per heavy atom. The van der Waals surface area contributed by atoms with Crippen LogP contribution in [0.1, 0.15) is 54.2 Å². The van der Waals surface area contributed by atoms with Crippen molar-refractivity contribution in [2.24, 2.45) is 5.92 Å². The summed E-state index contributed by atoms with van der Waals surface area (Å²) in [5, 5.41) is 15.1. The van der Waals surface area contributed by atoms with Crippen molar-refractivity contribution in [1.29, 1.82) is 0 Å². The van der Waals surface area contributed by atoms with Crippen molar-refractivity contribution in [3.63, 3.8) is 0 Å². The summed E-state index contributed by atoms with van der Waals surface area (Å²) in [6.07, 6.45) is 5.15. The summed E-state index contributed by atoms with van der Waals surface area (Å²) in [4.78, 5) is 20.1. The molecule has 0 radical (unpaired) electrons. The molecule has 1 aromatic carbocycles. The number of hydrogen-bond acceptors (Lipinski definition) is 8. The monoisotopic (exact) mass is 653 g/mol. The van der Waals surface area contributed by atoms with E-state index in [4.69, 9.17) is 19.9 Å². The van der Waals surface area contributed by atoms with Crippen LogP contribution in [-0.4, -0.2) is 73.4 Å². The largest absolute Gasteiger partial charge is 0.395 e. The fraction of sp³-hybridized carbons (Fsp3) is 0.500. The minimum absolute atomic E-state index is 0.000258. The lowest BCUT2D eigenvalue weighted by Gasteiger charge is -2.34. The molecule has 2 aliphatic rings. The zero-order chi connectivity index (χ0) is 26.9. The smallest absolute Gasteiger partial charge is 0.283 e. The molecule has 2 fully saturated rings. The van der Waals surface area contributed by atoms with Gasteiger partial charge < -0.3 is 14.7 Å². The van der Waals surface area contributed by atoms with E-state index >= 15 is 0 Å². The minimum Gasteiger partial charge on any atom is -0.395 e. The predicted octanol–water partition coefficient (Wildman–Crippen LogP) is 3.21. The van der Waals surface area contributed by atoms with Crippen LogP contribution in [0.2, 0.25) is 0 Å². The summed E-state index contributed by atoms with van der Waals surface area (Å²) in [5.41, 5.74) is 3.23. The molecule has 1 amide bonds. The number of ether oxygens (including phenoxy) is 1. The summed E-state index contributed by atoms with van der Waals surface area (Å²) in [6, 6.07) is 9.55. The second kappa shape index (κ2) is 11.4. The van der Waals surface area contributed by atoms with Crippen LogP contribution in [0.25, 0.3) is 16.7 Å². The van der Waals surface area contributed by atoms with Gasteiger partial charge in [0.25, 0.3) is 5.91 Å². The van der Waals surface area contributed by atoms with E-state index in [0.29, 0.717) is 24.1 Å². The summed E-state index contributed by atoms with van der Waals surface area (Å²) in [6.45, 7) is 1.71. The topological polar surface area (TPSA) is 127 Å². The van der Waals surface area contributed by atoms with Gasteiger partial charge in [0.2, 0.25) is 10.0 Å². The third kappa shape index (κ3) is 5.54. The summed E-state index contributed by atoms with van der Waals surface area (Å²) in [7, 11) is -2.28. The van der Waals surface area contributed by atoms with Gasteiger partial charge in [-0.15, -0.1) is 0 Å². The average Bonchev–Trinajstić information content (AvgIpc) is 3.22. The van der Waals surface area contributed by atoms with Crippen molar-refractivity contribution >= 4 is 55.2 Å². The predicted molar refractivity (Wildman–Crippen MR) is 153 cm³/mol. The number of aromatic nitrogens is 3. The second-order valence-electron chi connectivity index (χ2n) is 9.96. The Morgan fingerprint density at radius 3 is 2.55 bits per heavy atom. The Balaban J connectivity index is 1.67. The molecule has 10 nitrogen and oxygen atoms in total. The minimum atomic E-state index is -4.00. The van der Waals surface area contributed by atoms with E-state index in [1.165, 1.54) is 0 Å². The molecule has 2 N–H and O–H groups in total. The summed E-state index contributed by atoms with van der Waals surface area (Å²) < 4.78 is 34.8. The SMILES string of the molecule is COCC1CCN(c2cc(C(=O)NS(=O)(=O)CCO)nc3c2c(C2CCC2)nn3-c2ccccc2I)CC1. The van der Waals surface area contributed by atoms with Crippen molar-refractivity contribution in [3.8, 4) is 5.69 Å². The van der Waals surface area contributed by atoms with E-state index in [-0.39, 0.29) is 5.69 Å². The van der Waals surface area contributed by atoms with Gasteiger partial charge in [0.1, 0.15) is 5.69 Å². The van der Waals surface area contributed by atoms with Gasteiger partial charge in [-0.1, -0.05) is 18.6 Å². The molecule has 2 aromatic heterocycles. The van der Waals surface area contributed by atoms with E-state index in [2.05, 4.69) is 32.2 Å². The number of halogens is 1. The number of pyridine rings is 1. The first-order valence-corrected chi connectivity index (χ1v) is 15.6. The van der Waals surface area contributed by atoms with E-state index < -0.39 is 28.3 Å². The number of methoxy groups -OCH3 is 1. The molecule has 0 spiro atoms. The Morgan fingerprint density at radius 2 is 1.92 bits per heavy atom. The van der Waals surface area contributed by atoms with Gasteiger partial charge in [-0.3, -0.25) is 4.79 Å².